The number of likely N-dealkylation sites (tertiary alicyclic amines) is 1. The molecular formula is C20H41NO4Si2. The molecule has 1 N–H and O–H groups in total. The van der Waals surface area contributed by atoms with Crippen LogP contribution in [0.2, 0.25) is 36.3 Å². The van der Waals surface area contributed by atoms with Crippen LogP contribution < -0.4 is 0 Å². The van der Waals surface area contributed by atoms with Crippen LogP contribution in [0, 0.1) is 0 Å². The summed E-state index contributed by atoms with van der Waals surface area (Å²) in [4.78, 5) is 14.6. The summed E-state index contributed by atoms with van der Waals surface area (Å²) in [7, 11) is -4.40. The minimum Gasteiger partial charge on any atom is -0.406 e. The fraction of sp³-hybridized carbons (Fsp3) is 0.850. The molecular weight excluding hydrogens is 374 g/mol. The summed E-state index contributed by atoms with van der Waals surface area (Å²) in [5, 5.41) is 10.9. The number of rotatable bonds is 7. The van der Waals surface area contributed by atoms with Crippen molar-refractivity contribution in [3.63, 3.8) is 0 Å². The van der Waals surface area contributed by atoms with Crippen LogP contribution in [-0.4, -0.2) is 57.5 Å². The maximum Gasteiger partial charge on any atom is 0.255 e. The number of aliphatic hydroxyl groups is 1. The van der Waals surface area contributed by atoms with Gasteiger partial charge in [0, 0.05) is 6.54 Å². The highest BCUT2D eigenvalue weighted by Crippen LogP contribution is 2.42. The van der Waals surface area contributed by atoms with Gasteiger partial charge in [0.2, 0.25) is 0 Å². The molecule has 0 aromatic rings. The Morgan fingerprint density at radius 2 is 1.48 bits per heavy atom. The lowest BCUT2D eigenvalue weighted by Crippen LogP contribution is -2.53. The molecule has 0 bridgehead atoms. The molecule has 158 valence electrons. The third kappa shape index (κ3) is 5.32. The van der Waals surface area contributed by atoms with Crippen LogP contribution in [0.15, 0.2) is 12.7 Å². The van der Waals surface area contributed by atoms with E-state index in [0.29, 0.717) is 13.0 Å². The standard InChI is InChI=1S/C20H41NO4Si2/c1-12-13-14-21-17(22)15(24-26(8,9)19(2,3)4)16(18(21)23)25-27(10,11)20(5,6)7/h12,15-17,22H,1,13-14H2,2-11H3/t15-,16-,17?/m1/s1. The van der Waals surface area contributed by atoms with Crippen molar-refractivity contribution in [1.29, 1.82) is 0 Å². The van der Waals surface area contributed by atoms with Crippen molar-refractivity contribution in [2.24, 2.45) is 0 Å². The van der Waals surface area contributed by atoms with E-state index in [1.165, 1.54) is 4.90 Å². The molecule has 1 fully saturated rings. The maximum atomic E-state index is 13.1. The van der Waals surface area contributed by atoms with Crippen LogP contribution in [0.3, 0.4) is 0 Å². The number of hydrogen-bond acceptors (Lipinski definition) is 4. The smallest absolute Gasteiger partial charge is 0.255 e. The van der Waals surface area contributed by atoms with Gasteiger partial charge in [-0.3, -0.25) is 4.79 Å². The number of amides is 1. The fourth-order valence-corrected chi connectivity index (χ4v) is 4.99. The van der Waals surface area contributed by atoms with Crippen molar-refractivity contribution < 1.29 is 18.8 Å². The van der Waals surface area contributed by atoms with Crippen LogP contribution >= 0.6 is 0 Å². The first-order valence-electron chi connectivity index (χ1n) is 9.91. The Kier molecular flexibility index (Phi) is 7.37. The molecule has 1 rings (SSSR count). The van der Waals surface area contributed by atoms with Crippen LogP contribution in [-0.2, 0) is 13.6 Å². The van der Waals surface area contributed by atoms with Gasteiger partial charge in [-0.05, 0) is 42.7 Å². The molecule has 3 atom stereocenters. The largest absolute Gasteiger partial charge is 0.406 e. The summed E-state index contributed by atoms with van der Waals surface area (Å²) in [6.45, 7) is 25.6. The van der Waals surface area contributed by atoms with Crippen LogP contribution in [0.5, 0.6) is 0 Å². The monoisotopic (exact) mass is 415 g/mol. The first-order valence-corrected chi connectivity index (χ1v) is 15.7. The highest BCUT2D eigenvalue weighted by atomic mass is 28.4. The molecule has 0 saturated carbocycles. The van der Waals surface area contributed by atoms with E-state index in [-0.39, 0.29) is 16.0 Å². The highest BCUT2D eigenvalue weighted by molar-refractivity contribution is 6.74. The van der Waals surface area contributed by atoms with E-state index in [0.717, 1.165) is 0 Å². The molecule has 1 aliphatic heterocycles. The van der Waals surface area contributed by atoms with E-state index in [1.807, 2.05) is 0 Å². The summed E-state index contributed by atoms with van der Waals surface area (Å²) < 4.78 is 13.0. The fourth-order valence-electron chi connectivity index (χ4n) is 2.49. The van der Waals surface area contributed by atoms with Gasteiger partial charge in [0.25, 0.3) is 5.91 Å². The van der Waals surface area contributed by atoms with E-state index in [1.54, 1.807) is 6.08 Å². The summed E-state index contributed by atoms with van der Waals surface area (Å²) >= 11 is 0. The van der Waals surface area contributed by atoms with Gasteiger partial charge in [-0.25, -0.2) is 0 Å². The molecule has 0 aliphatic carbocycles. The van der Waals surface area contributed by atoms with Crippen molar-refractivity contribution in [2.45, 2.75) is 103 Å². The molecule has 1 saturated heterocycles. The number of hydrogen-bond donors (Lipinski definition) is 1. The van der Waals surface area contributed by atoms with Gasteiger partial charge in [0.1, 0.15) is 6.10 Å². The summed E-state index contributed by atoms with van der Waals surface area (Å²) in [6, 6.07) is 0. The topological polar surface area (TPSA) is 59.0 Å². The SMILES string of the molecule is C=CCCN1C(=O)[C@H](O[Si](C)(C)C(C)(C)C)[C@@H](O[Si](C)(C)C(C)(C)C)C1O. The first kappa shape index (κ1) is 24.6. The zero-order valence-corrected chi connectivity index (χ0v) is 21.0. The lowest BCUT2D eigenvalue weighted by molar-refractivity contribution is -0.137. The summed E-state index contributed by atoms with van der Waals surface area (Å²) in [5.41, 5.74) is 0. The molecule has 1 aliphatic rings. The Morgan fingerprint density at radius 3 is 1.89 bits per heavy atom. The average Bonchev–Trinajstić information content (AvgIpc) is 2.67. The van der Waals surface area contributed by atoms with Gasteiger partial charge in [0.05, 0.1) is 0 Å². The second-order valence-electron chi connectivity index (χ2n) is 10.7. The number of aliphatic hydroxyl groups excluding tert-OH is 1. The Bertz CT molecular complexity index is 549. The number of carbonyl (C=O) groups is 1. The molecule has 0 radical (unpaired) electrons. The zero-order chi connectivity index (χ0) is 21.4. The normalized spacial score (nSPS) is 25.2. The highest BCUT2D eigenvalue weighted by Gasteiger charge is 2.55. The van der Waals surface area contributed by atoms with E-state index in [9.17, 15) is 9.90 Å². The Hall–Kier alpha value is -0.476. The van der Waals surface area contributed by atoms with Crippen LogP contribution in [0.1, 0.15) is 48.0 Å². The van der Waals surface area contributed by atoms with Crippen LogP contribution in [0.25, 0.3) is 0 Å². The van der Waals surface area contributed by atoms with Gasteiger partial charge < -0.3 is 18.9 Å². The van der Waals surface area contributed by atoms with Crippen molar-refractivity contribution in [1.82, 2.24) is 4.90 Å². The predicted octanol–water partition coefficient (Wildman–Crippen LogP) is 4.50. The summed E-state index contributed by atoms with van der Waals surface area (Å²) in [5.74, 6) is -0.169. The molecule has 5 nitrogen and oxygen atoms in total. The molecule has 27 heavy (non-hydrogen) atoms. The number of carbonyl (C=O) groups excluding carboxylic acids is 1. The van der Waals surface area contributed by atoms with Crippen LogP contribution in [0.4, 0.5) is 0 Å². The van der Waals surface area contributed by atoms with Crippen molar-refractivity contribution in [2.75, 3.05) is 6.54 Å². The molecule has 1 heterocycles. The number of nitrogens with zero attached hydrogens (tertiary/aromatic N) is 1. The predicted molar refractivity (Wildman–Crippen MR) is 117 cm³/mol. The van der Waals surface area contributed by atoms with E-state index in [4.69, 9.17) is 8.85 Å². The molecule has 7 heteroatoms. The zero-order valence-electron chi connectivity index (χ0n) is 19.0. The Balaban J connectivity index is 3.23. The third-order valence-corrected chi connectivity index (χ3v) is 15.4. The molecule has 1 unspecified atom stereocenters. The second-order valence-corrected chi connectivity index (χ2v) is 20.2. The molecule has 0 spiro atoms. The van der Waals surface area contributed by atoms with E-state index < -0.39 is 35.1 Å². The molecule has 0 aromatic heterocycles. The quantitative estimate of drug-likeness (QED) is 0.491. The van der Waals surface area contributed by atoms with E-state index in [2.05, 4.69) is 74.3 Å². The minimum atomic E-state index is -2.21. The Labute approximate surface area is 168 Å². The first-order chi connectivity index (χ1) is 12.0. The van der Waals surface area contributed by atoms with Crippen molar-refractivity contribution >= 4 is 22.5 Å². The van der Waals surface area contributed by atoms with Crippen molar-refractivity contribution in [3.05, 3.63) is 12.7 Å². The molecule has 0 aromatic carbocycles. The second kappa shape index (κ2) is 8.10. The Morgan fingerprint density at radius 1 is 1.04 bits per heavy atom. The average molecular weight is 416 g/mol. The minimum absolute atomic E-state index is 0.0220. The van der Waals surface area contributed by atoms with Gasteiger partial charge in [-0.2, -0.15) is 0 Å². The van der Waals surface area contributed by atoms with E-state index >= 15 is 0 Å². The third-order valence-electron chi connectivity index (χ3n) is 6.48. The van der Waals surface area contributed by atoms with Gasteiger partial charge >= 0.3 is 0 Å². The van der Waals surface area contributed by atoms with Crippen molar-refractivity contribution in [3.8, 4) is 0 Å². The van der Waals surface area contributed by atoms with Gasteiger partial charge in [-0.1, -0.05) is 47.6 Å². The lowest BCUT2D eigenvalue weighted by Gasteiger charge is -2.42. The lowest BCUT2D eigenvalue weighted by atomic mass is 10.2. The van der Waals surface area contributed by atoms with Gasteiger partial charge in [0.15, 0.2) is 29.0 Å². The molecule has 1 amide bonds. The van der Waals surface area contributed by atoms with Gasteiger partial charge in [-0.15, -0.1) is 6.58 Å². The summed E-state index contributed by atoms with van der Waals surface area (Å²) in [6.07, 6.45) is -0.00718. The maximum absolute atomic E-state index is 13.1.